The Morgan fingerprint density at radius 1 is 1.47 bits per heavy atom. The predicted molar refractivity (Wildman–Crippen MR) is 70.9 cm³/mol. The lowest BCUT2D eigenvalue weighted by Gasteiger charge is -2.27. The third kappa shape index (κ3) is 3.15. The Morgan fingerprint density at radius 3 is 2.89 bits per heavy atom. The molecule has 0 aromatic carbocycles. The second-order valence-corrected chi connectivity index (χ2v) is 5.24. The number of hydrogen-bond donors (Lipinski definition) is 2. The Hall–Kier alpha value is -1.36. The summed E-state index contributed by atoms with van der Waals surface area (Å²) >= 11 is 0. The topological polar surface area (TPSA) is 75.4 Å². The molecular weight excluding hydrogens is 244 g/mol. The third-order valence-electron chi connectivity index (χ3n) is 3.89. The van der Waals surface area contributed by atoms with Gasteiger partial charge in [-0.3, -0.25) is 4.79 Å². The van der Waals surface area contributed by atoms with E-state index in [2.05, 4.69) is 10.5 Å². The van der Waals surface area contributed by atoms with Gasteiger partial charge in [0.15, 0.2) is 0 Å². The molecular formula is C14H22N2O3. The highest BCUT2D eigenvalue weighted by atomic mass is 16.5. The van der Waals surface area contributed by atoms with Gasteiger partial charge in [-0.25, -0.2) is 0 Å². The van der Waals surface area contributed by atoms with E-state index in [4.69, 9.17) is 4.52 Å². The minimum absolute atomic E-state index is 0.145. The molecule has 1 heterocycles. The van der Waals surface area contributed by atoms with Gasteiger partial charge in [0.1, 0.15) is 11.3 Å². The van der Waals surface area contributed by atoms with Crippen LogP contribution in [0.25, 0.3) is 0 Å². The first-order chi connectivity index (χ1) is 9.13. The van der Waals surface area contributed by atoms with Gasteiger partial charge in [0.25, 0.3) is 5.91 Å². The molecule has 5 heteroatoms. The Kier molecular flexibility index (Phi) is 4.58. The molecule has 1 aromatic heterocycles. The first-order valence-electron chi connectivity index (χ1n) is 7.04. The van der Waals surface area contributed by atoms with Crippen molar-refractivity contribution >= 4 is 5.91 Å². The molecule has 0 spiro atoms. The van der Waals surface area contributed by atoms with Crippen LogP contribution < -0.4 is 5.32 Å². The van der Waals surface area contributed by atoms with Crippen LogP contribution in [0.1, 0.15) is 54.4 Å². The highest BCUT2D eigenvalue weighted by Gasteiger charge is 2.25. The third-order valence-corrected chi connectivity index (χ3v) is 3.89. The summed E-state index contributed by atoms with van der Waals surface area (Å²) in [6, 6.07) is 0. The van der Waals surface area contributed by atoms with Crippen molar-refractivity contribution in [2.45, 2.75) is 52.1 Å². The number of aliphatic hydroxyl groups excluding tert-OH is 1. The monoisotopic (exact) mass is 266 g/mol. The van der Waals surface area contributed by atoms with Gasteiger partial charge in [-0.1, -0.05) is 24.9 Å². The maximum absolute atomic E-state index is 12.2. The summed E-state index contributed by atoms with van der Waals surface area (Å²) in [6.07, 6.45) is 4.41. The normalized spacial score (nSPS) is 23.3. The number of carbonyl (C=O) groups is 1. The molecule has 0 saturated heterocycles. The van der Waals surface area contributed by atoms with Crippen molar-refractivity contribution in [3.8, 4) is 0 Å². The maximum Gasteiger partial charge on any atom is 0.256 e. The molecule has 0 bridgehead atoms. The van der Waals surface area contributed by atoms with Crippen molar-refractivity contribution in [1.82, 2.24) is 10.5 Å². The zero-order valence-electron chi connectivity index (χ0n) is 11.6. The zero-order valence-corrected chi connectivity index (χ0v) is 11.6. The minimum atomic E-state index is -0.289. The van der Waals surface area contributed by atoms with Crippen LogP contribution in [0.5, 0.6) is 0 Å². The van der Waals surface area contributed by atoms with Gasteiger partial charge in [-0.15, -0.1) is 0 Å². The van der Waals surface area contributed by atoms with E-state index >= 15 is 0 Å². The number of nitrogens with one attached hydrogen (secondary N) is 1. The fraction of sp³-hybridized carbons (Fsp3) is 0.714. The average Bonchev–Trinajstić information content (AvgIpc) is 2.78. The number of hydrogen-bond acceptors (Lipinski definition) is 4. The Morgan fingerprint density at radius 2 is 2.21 bits per heavy atom. The van der Waals surface area contributed by atoms with Crippen molar-refractivity contribution < 1.29 is 14.4 Å². The number of aryl methyl sites for hydroxylation is 2. The van der Waals surface area contributed by atoms with E-state index in [1.54, 1.807) is 6.92 Å². The van der Waals surface area contributed by atoms with E-state index in [1.165, 1.54) is 0 Å². The van der Waals surface area contributed by atoms with Crippen LogP contribution in [-0.2, 0) is 6.42 Å². The number of amides is 1. The molecule has 1 saturated carbocycles. The van der Waals surface area contributed by atoms with E-state index < -0.39 is 0 Å². The first-order valence-corrected chi connectivity index (χ1v) is 7.04. The van der Waals surface area contributed by atoms with Crippen molar-refractivity contribution in [3.05, 3.63) is 17.0 Å². The molecule has 2 atom stereocenters. The summed E-state index contributed by atoms with van der Waals surface area (Å²) in [5.41, 5.74) is 1.24. The Balaban J connectivity index is 1.95. The van der Waals surface area contributed by atoms with E-state index in [0.29, 0.717) is 30.0 Å². The van der Waals surface area contributed by atoms with Gasteiger partial charge in [0.05, 0.1) is 11.8 Å². The fourth-order valence-electron chi connectivity index (χ4n) is 2.69. The second-order valence-electron chi connectivity index (χ2n) is 5.24. The Bertz CT molecular complexity index is 442. The minimum Gasteiger partial charge on any atom is -0.393 e. The van der Waals surface area contributed by atoms with Crippen molar-refractivity contribution in [1.29, 1.82) is 0 Å². The highest BCUT2D eigenvalue weighted by Crippen LogP contribution is 2.24. The summed E-state index contributed by atoms with van der Waals surface area (Å²) < 4.78 is 5.06. The highest BCUT2D eigenvalue weighted by molar-refractivity contribution is 5.96. The van der Waals surface area contributed by atoms with Gasteiger partial charge in [0, 0.05) is 12.5 Å². The van der Waals surface area contributed by atoms with Crippen molar-refractivity contribution in [3.63, 3.8) is 0 Å². The zero-order chi connectivity index (χ0) is 13.8. The van der Waals surface area contributed by atoms with E-state index in [0.717, 1.165) is 25.7 Å². The van der Waals surface area contributed by atoms with Crippen LogP contribution in [0.15, 0.2) is 4.52 Å². The molecule has 0 aliphatic heterocycles. The van der Waals surface area contributed by atoms with Crippen LogP contribution in [0, 0.1) is 12.8 Å². The van der Waals surface area contributed by atoms with E-state index in [9.17, 15) is 9.90 Å². The first kappa shape index (κ1) is 14.1. The second kappa shape index (κ2) is 6.19. The Labute approximate surface area is 113 Å². The van der Waals surface area contributed by atoms with Gasteiger partial charge in [-0.05, 0) is 26.2 Å². The molecule has 1 fully saturated rings. The summed E-state index contributed by atoms with van der Waals surface area (Å²) in [7, 11) is 0. The van der Waals surface area contributed by atoms with Crippen LogP contribution >= 0.6 is 0 Å². The smallest absolute Gasteiger partial charge is 0.256 e. The molecule has 1 amide bonds. The number of carbonyl (C=O) groups excluding carboxylic acids is 1. The molecule has 5 nitrogen and oxygen atoms in total. The molecule has 1 aliphatic rings. The molecule has 2 rings (SSSR count). The quantitative estimate of drug-likeness (QED) is 0.871. The SMILES string of the molecule is CCc1noc(C)c1C(=O)NCC1CCCCC1O. The summed E-state index contributed by atoms with van der Waals surface area (Å²) in [6.45, 7) is 4.21. The molecule has 2 unspecified atom stereocenters. The molecule has 1 aliphatic carbocycles. The fourth-order valence-corrected chi connectivity index (χ4v) is 2.69. The van der Waals surface area contributed by atoms with E-state index in [1.807, 2.05) is 6.92 Å². The van der Waals surface area contributed by atoms with Crippen molar-refractivity contribution in [2.24, 2.45) is 5.92 Å². The van der Waals surface area contributed by atoms with Crippen LogP contribution in [-0.4, -0.2) is 28.8 Å². The predicted octanol–water partition coefficient (Wildman–Crippen LogP) is 1.83. The molecule has 19 heavy (non-hydrogen) atoms. The van der Waals surface area contributed by atoms with Gasteiger partial charge >= 0.3 is 0 Å². The lowest BCUT2D eigenvalue weighted by atomic mass is 9.86. The standard InChI is InChI=1S/C14H22N2O3/c1-3-11-13(9(2)19-16-11)14(18)15-8-10-6-4-5-7-12(10)17/h10,12,17H,3-8H2,1-2H3,(H,15,18). The number of aliphatic hydroxyl groups is 1. The summed E-state index contributed by atoms with van der Waals surface area (Å²) in [5, 5.41) is 16.7. The molecule has 0 radical (unpaired) electrons. The average molecular weight is 266 g/mol. The van der Waals surface area contributed by atoms with E-state index in [-0.39, 0.29) is 17.9 Å². The number of nitrogens with zero attached hydrogens (tertiary/aromatic N) is 1. The maximum atomic E-state index is 12.2. The largest absolute Gasteiger partial charge is 0.393 e. The summed E-state index contributed by atoms with van der Waals surface area (Å²) in [5.74, 6) is 0.579. The van der Waals surface area contributed by atoms with Crippen molar-refractivity contribution in [2.75, 3.05) is 6.54 Å². The lowest BCUT2D eigenvalue weighted by molar-refractivity contribution is 0.0662. The van der Waals surface area contributed by atoms with Gasteiger partial charge in [-0.2, -0.15) is 0 Å². The molecule has 106 valence electrons. The van der Waals surface area contributed by atoms with Crippen LogP contribution in [0.2, 0.25) is 0 Å². The number of aromatic nitrogens is 1. The van der Waals surface area contributed by atoms with Crippen LogP contribution in [0.3, 0.4) is 0 Å². The van der Waals surface area contributed by atoms with Gasteiger partial charge < -0.3 is 14.9 Å². The lowest BCUT2D eigenvalue weighted by Crippen LogP contribution is -2.37. The van der Waals surface area contributed by atoms with Crippen LogP contribution in [0.4, 0.5) is 0 Å². The molecule has 2 N–H and O–H groups in total. The number of rotatable bonds is 4. The molecule has 1 aromatic rings. The summed E-state index contributed by atoms with van der Waals surface area (Å²) in [4.78, 5) is 12.2. The van der Waals surface area contributed by atoms with Gasteiger partial charge in [0.2, 0.25) is 0 Å².